The average molecular weight is 348 g/mol. The number of morpholine rings is 1. The summed E-state index contributed by atoms with van der Waals surface area (Å²) in [7, 11) is 0. The van der Waals surface area contributed by atoms with Gasteiger partial charge in [-0.15, -0.1) is 0 Å². The molecular weight excluding hydrogens is 320 g/mol. The molecule has 1 amide bonds. The van der Waals surface area contributed by atoms with Crippen LogP contribution in [0.4, 0.5) is 0 Å². The first kappa shape index (κ1) is 17.0. The maximum Gasteiger partial charge on any atom is 0.274 e. The van der Waals surface area contributed by atoms with Crippen molar-refractivity contribution >= 4 is 5.91 Å². The van der Waals surface area contributed by atoms with E-state index in [9.17, 15) is 4.79 Å². The number of ether oxygens (including phenoxy) is 2. The number of hydrogen-bond donors (Lipinski definition) is 0. The van der Waals surface area contributed by atoms with Crippen molar-refractivity contribution < 1.29 is 14.3 Å². The summed E-state index contributed by atoms with van der Waals surface area (Å²) in [4.78, 5) is 21.8. The van der Waals surface area contributed by atoms with Crippen LogP contribution in [0.1, 0.15) is 42.1 Å². The van der Waals surface area contributed by atoms with Crippen LogP contribution in [0.25, 0.3) is 0 Å². The van der Waals surface area contributed by atoms with E-state index < -0.39 is 0 Å². The molecular formula is C18H28N4O3. The minimum absolute atomic E-state index is 0.0355. The Balaban J connectivity index is 1.44. The summed E-state index contributed by atoms with van der Waals surface area (Å²) in [5.74, 6) is 1.77. The summed E-state index contributed by atoms with van der Waals surface area (Å²) < 4.78 is 13.0. The molecule has 1 atom stereocenters. The maximum atomic E-state index is 12.7. The van der Waals surface area contributed by atoms with Crippen molar-refractivity contribution in [3.05, 3.63) is 17.7 Å². The molecule has 1 aromatic rings. The number of imidazole rings is 1. The number of carbonyl (C=O) groups excluding carboxylic acids is 1. The molecule has 7 nitrogen and oxygen atoms in total. The number of nitrogens with zero attached hydrogens (tertiary/aromatic N) is 4. The third-order valence-corrected chi connectivity index (χ3v) is 5.71. The number of fused-ring (bicyclic) bond motifs is 1. The Labute approximate surface area is 148 Å². The number of aromatic nitrogens is 2. The minimum Gasteiger partial charge on any atom is -0.381 e. The largest absolute Gasteiger partial charge is 0.381 e. The molecule has 0 aliphatic carbocycles. The highest BCUT2D eigenvalue weighted by molar-refractivity contribution is 5.92. The normalized spacial score (nSPS) is 25.8. The van der Waals surface area contributed by atoms with Crippen LogP contribution in [0, 0.1) is 5.92 Å². The molecule has 0 N–H and O–H groups in total. The van der Waals surface area contributed by atoms with Crippen LogP contribution >= 0.6 is 0 Å². The fourth-order valence-electron chi connectivity index (χ4n) is 4.08. The smallest absolute Gasteiger partial charge is 0.274 e. The first-order valence-electron chi connectivity index (χ1n) is 9.48. The fraction of sp³-hybridized carbons (Fsp3) is 0.778. The SMILES string of the molecule is CC1c2nc(C(=O)N3CCOCC3)cn2CCN1CC1CCOCC1. The van der Waals surface area contributed by atoms with Gasteiger partial charge in [-0.3, -0.25) is 9.69 Å². The van der Waals surface area contributed by atoms with Gasteiger partial charge < -0.3 is 18.9 Å². The minimum atomic E-state index is 0.0355. The molecule has 138 valence electrons. The summed E-state index contributed by atoms with van der Waals surface area (Å²) in [5.41, 5.74) is 0.580. The molecule has 4 rings (SSSR count). The van der Waals surface area contributed by atoms with E-state index in [4.69, 9.17) is 14.5 Å². The van der Waals surface area contributed by atoms with Crippen molar-refractivity contribution in [1.29, 1.82) is 0 Å². The molecule has 1 aromatic heterocycles. The maximum absolute atomic E-state index is 12.7. The van der Waals surface area contributed by atoms with Crippen molar-refractivity contribution in [3.63, 3.8) is 0 Å². The molecule has 2 fully saturated rings. The summed E-state index contributed by atoms with van der Waals surface area (Å²) in [6.07, 6.45) is 4.24. The van der Waals surface area contributed by atoms with Crippen molar-refractivity contribution in [2.75, 3.05) is 52.6 Å². The lowest BCUT2D eigenvalue weighted by atomic mass is 9.98. The average Bonchev–Trinajstić information content (AvgIpc) is 3.10. The van der Waals surface area contributed by atoms with Crippen molar-refractivity contribution in [3.8, 4) is 0 Å². The van der Waals surface area contributed by atoms with Crippen LogP contribution in [0.3, 0.4) is 0 Å². The number of hydrogen-bond acceptors (Lipinski definition) is 5. The lowest BCUT2D eigenvalue weighted by Gasteiger charge is -2.37. The predicted octanol–water partition coefficient (Wildman–Crippen LogP) is 1.16. The monoisotopic (exact) mass is 348 g/mol. The van der Waals surface area contributed by atoms with E-state index in [2.05, 4.69) is 16.4 Å². The topological polar surface area (TPSA) is 59.8 Å². The summed E-state index contributed by atoms with van der Waals surface area (Å²) in [6, 6.07) is 0.253. The lowest BCUT2D eigenvalue weighted by molar-refractivity contribution is 0.0299. The first-order valence-corrected chi connectivity index (χ1v) is 9.48. The second-order valence-electron chi connectivity index (χ2n) is 7.31. The highest BCUT2D eigenvalue weighted by Crippen LogP contribution is 2.28. The van der Waals surface area contributed by atoms with Crippen LogP contribution in [0.2, 0.25) is 0 Å². The van der Waals surface area contributed by atoms with Gasteiger partial charge in [-0.2, -0.15) is 0 Å². The molecule has 3 aliphatic heterocycles. The van der Waals surface area contributed by atoms with E-state index in [0.29, 0.717) is 37.9 Å². The second-order valence-corrected chi connectivity index (χ2v) is 7.31. The first-order chi connectivity index (χ1) is 12.2. The molecule has 2 saturated heterocycles. The number of amides is 1. The highest BCUT2D eigenvalue weighted by Gasteiger charge is 2.30. The summed E-state index contributed by atoms with van der Waals surface area (Å²) in [6.45, 7) is 9.57. The van der Waals surface area contributed by atoms with Crippen LogP contribution in [0.15, 0.2) is 6.20 Å². The second kappa shape index (κ2) is 7.43. The Hall–Kier alpha value is -1.44. The van der Waals surface area contributed by atoms with Gasteiger partial charge in [0.2, 0.25) is 0 Å². The molecule has 0 radical (unpaired) electrons. The molecule has 0 aromatic carbocycles. The van der Waals surface area contributed by atoms with Gasteiger partial charge in [0.15, 0.2) is 0 Å². The van der Waals surface area contributed by atoms with E-state index in [1.165, 1.54) is 0 Å². The molecule has 7 heteroatoms. The quantitative estimate of drug-likeness (QED) is 0.820. The molecule has 3 aliphatic rings. The predicted molar refractivity (Wildman–Crippen MR) is 92.5 cm³/mol. The molecule has 25 heavy (non-hydrogen) atoms. The lowest BCUT2D eigenvalue weighted by Crippen LogP contribution is -2.41. The van der Waals surface area contributed by atoms with Gasteiger partial charge in [-0.05, 0) is 25.7 Å². The molecule has 0 spiro atoms. The Morgan fingerprint density at radius 1 is 1.12 bits per heavy atom. The van der Waals surface area contributed by atoms with Crippen molar-refractivity contribution in [2.24, 2.45) is 5.92 Å². The third kappa shape index (κ3) is 3.59. The van der Waals surface area contributed by atoms with Gasteiger partial charge >= 0.3 is 0 Å². The van der Waals surface area contributed by atoms with Crippen molar-refractivity contribution in [2.45, 2.75) is 32.4 Å². The van der Waals surface area contributed by atoms with Gasteiger partial charge in [-0.1, -0.05) is 0 Å². The molecule has 0 saturated carbocycles. The molecule has 1 unspecified atom stereocenters. The van der Waals surface area contributed by atoms with Crippen LogP contribution in [0.5, 0.6) is 0 Å². The van der Waals surface area contributed by atoms with Crippen molar-refractivity contribution in [1.82, 2.24) is 19.4 Å². The molecule has 4 heterocycles. The zero-order valence-corrected chi connectivity index (χ0v) is 15.0. The summed E-state index contributed by atoms with van der Waals surface area (Å²) >= 11 is 0. The van der Waals surface area contributed by atoms with E-state index in [1.807, 2.05) is 11.1 Å². The van der Waals surface area contributed by atoms with Crippen LogP contribution in [-0.4, -0.2) is 77.9 Å². The van der Waals surface area contributed by atoms with Crippen LogP contribution < -0.4 is 0 Å². The zero-order valence-electron chi connectivity index (χ0n) is 15.0. The number of carbonyl (C=O) groups is 1. The fourth-order valence-corrected chi connectivity index (χ4v) is 4.08. The van der Waals surface area contributed by atoms with Gasteiger partial charge in [0.1, 0.15) is 11.5 Å². The zero-order chi connectivity index (χ0) is 17.2. The Morgan fingerprint density at radius 2 is 1.84 bits per heavy atom. The van der Waals surface area contributed by atoms with Gasteiger partial charge in [0.25, 0.3) is 5.91 Å². The standard InChI is InChI=1S/C18H28N4O3/c1-14-17-19-16(18(23)20-6-10-25-11-7-20)13-22(17)5-4-21(14)12-15-2-8-24-9-3-15/h13-15H,2-12H2,1H3. The molecule has 0 bridgehead atoms. The van der Waals surface area contributed by atoms with Gasteiger partial charge in [0, 0.05) is 52.1 Å². The van der Waals surface area contributed by atoms with Gasteiger partial charge in [0.05, 0.1) is 19.3 Å². The Kier molecular flexibility index (Phi) is 5.05. The van der Waals surface area contributed by atoms with E-state index in [0.717, 1.165) is 51.5 Å². The third-order valence-electron chi connectivity index (χ3n) is 5.71. The van der Waals surface area contributed by atoms with E-state index in [-0.39, 0.29) is 11.9 Å². The summed E-state index contributed by atoms with van der Waals surface area (Å²) in [5, 5.41) is 0. The Morgan fingerprint density at radius 3 is 2.60 bits per heavy atom. The Bertz CT molecular complexity index is 605. The van der Waals surface area contributed by atoms with E-state index in [1.54, 1.807) is 0 Å². The van der Waals surface area contributed by atoms with Crippen LogP contribution in [-0.2, 0) is 16.0 Å². The number of rotatable bonds is 3. The van der Waals surface area contributed by atoms with E-state index >= 15 is 0 Å². The van der Waals surface area contributed by atoms with Gasteiger partial charge in [-0.25, -0.2) is 4.98 Å². The highest BCUT2D eigenvalue weighted by atomic mass is 16.5.